The van der Waals surface area contributed by atoms with Crippen molar-refractivity contribution in [3.63, 3.8) is 0 Å². The van der Waals surface area contributed by atoms with Crippen molar-refractivity contribution in [1.29, 1.82) is 0 Å². The van der Waals surface area contributed by atoms with E-state index in [0.29, 0.717) is 0 Å². The summed E-state index contributed by atoms with van der Waals surface area (Å²) < 4.78 is 10.7. The minimum absolute atomic E-state index is 0.0783. The van der Waals surface area contributed by atoms with Gasteiger partial charge < -0.3 is 20.1 Å². The van der Waals surface area contributed by atoms with E-state index in [9.17, 15) is 4.79 Å². The number of amides is 2. The molecule has 2 atom stereocenters. The maximum atomic E-state index is 12.3. The molecule has 0 saturated carbocycles. The third kappa shape index (κ3) is 5.69. The zero-order chi connectivity index (χ0) is 18.9. The van der Waals surface area contributed by atoms with Crippen LogP contribution in [0.2, 0.25) is 0 Å². The highest BCUT2D eigenvalue weighted by molar-refractivity contribution is 5.74. The van der Waals surface area contributed by atoms with Gasteiger partial charge in [0.1, 0.15) is 11.5 Å². The van der Waals surface area contributed by atoms with E-state index in [4.69, 9.17) is 9.47 Å². The molecule has 0 aromatic heterocycles. The van der Waals surface area contributed by atoms with Gasteiger partial charge in [0.05, 0.1) is 20.3 Å². The molecule has 26 heavy (non-hydrogen) atoms. The van der Waals surface area contributed by atoms with E-state index in [1.807, 2.05) is 50.2 Å². The fraction of sp³-hybridized carbons (Fsp3) is 0.381. The van der Waals surface area contributed by atoms with Gasteiger partial charge in [0.25, 0.3) is 0 Å². The van der Waals surface area contributed by atoms with Crippen LogP contribution in [0.25, 0.3) is 0 Å². The summed E-state index contributed by atoms with van der Waals surface area (Å²) in [5.41, 5.74) is 2.15. The van der Waals surface area contributed by atoms with Crippen molar-refractivity contribution in [2.45, 2.75) is 38.8 Å². The van der Waals surface area contributed by atoms with Gasteiger partial charge in [-0.15, -0.1) is 0 Å². The maximum Gasteiger partial charge on any atom is 0.315 e. The van der Waals surface area contributed by atoms with Crippen LogP contribution >= 0.6 is 0 Å². The Labute approximate surface area is 155 Å². The van der Waals surface area contributed by atoms with Gasteiger partial charge in [-0.05, 0) is 50.5 Å². The van der Waals surface area contributed by atoms with E-state index in [2.05, 4.69) is 22.8 Å². The van der Waals surface area contributed by atoms with Gasteiger partial charge >= 0.3 is 6.03 Å². The molecule has 2 amide bonds. The summed E-state index contributed by atoms with van der Waals surface area (Å²) >= 11 is 0. The number of benzene rings is 2. The molecule has 5 nitrogen and oxygen atoms in total. The maximum absolute atomic E-state index is 12.3. The molecule has 0 spiro atoms. The number of carbonyl (C=O) groups is 1. The lowest BCUT2D eigenvalue weighted by Crippen LogP contribution is -2.42. The zero-order valence-corrected chi connectivity index (χ0v) is 15.9. The van der Waals surface area contributed by atoms with E-state index in [1.54, 1.807) is 14.2 Å². The average Bonchev–Trinajstić information content (AvgIpc) is 2.66. The molecule has 0 fully saturated rings. The first-order valence-corrected chi connectivity index (χ1v) is 8.86. The van der Waals surface area contributed by atoms with Crippen LogP contribution in [0, 0.1) is 0 Å². The quantitative estimate of drug-likeness (QED) is 0.749. The van der Waals surface area contributed by atoms with E-state index in [-0.39, 0.29) is 18.1 Å². The highest BCUT2D eigenvalue weighted by Crippen LogP contribution is 2.29. The SMILES string of the molecule is COc1ccc(OC)c(C(C)NC(=O)NC(C)CCc2ccccc2)c1. The summed E-state index contributed by atoms with van der Waals surface area (Å²) in [7, 11) is 3.23. The van der Waals surface area contributed by atoms with E-state index in [0.717, 1.165) is 29.9 Å². The number of hydrogen-bond acceptors (Lipinski definition) is 3. The summed E-state index contributed by atoms with van der Waals surface area (Å²) in [5, 5.41) is 5.96. The summed E-state index contributed by atoms with van der Waals surface area (Å²) in [6.07, 6.45) is 1.82. The summed E-state index contributed by atoms with van der Waals surface area (Å²) in [5.74, 6) is 1.45. The Morgan fingerprint density at radius 3 is 2.38 bits per heavy atom. The van der Waals surface area contributed by atoms with Gasteiger partial charge in [0, 0.05) is 11.6 Å². The lowest BCUT2D eigenvalue weighted by Gasteiger charge is -2.20. The van der Waals surface area contributed by atoms with Gasteiger partial charge in [0.2, 0.25) is 0 Å². The predicted molar refractivity (Wildman–Crippen MR) is 104 cm³/mol. The second-order valence-electron chi connectivity index (χ2n) is 6.37. The molecule has 0 aliphatic carbocycles. The van der Waals surface area contributed by atoms with Crippen molar-refractivity contribution < 1.29 is 14.3 Å². The molecule has 2 N–H and O–H groups in total. The Morgan fingerprint density at radius 2 is 1.73 bits per heavy atom. The third-order valence-corrected chi connectivity index (χ3v) is 4.34. The molecule has 2 rings (SSSR count). The first-order valence-electron chi connectivity index (χ1n) is 8.86. The van der Waals surface area contributed by atoms with Crippen molar-refractivity contribution in [2.24, 2.45) is 0 Å². The minimum Gasteiger partial charge on any atom is -0.497 e. The topological polar surface area (TPSA) is 59.6 Å². The van der Waals surface area contributed by atoms with Crippen LogP contribution in [0.3, 0.4) is 0 Å². The summed E-state index contributed by atoms with van der Waals surface area (Å²) in [6, 6.07) is 15.5. The largest absolute Gasteiger partial charge is 0.497 e. The molecule has 0 radical (unpaired) electrons. The Hall–Kier alpha value is -2.69. The Bertz CT molecular complexity index is 704. The number of hydrogen-bond donors (Lipinski definition) is 2. The summed E-state index contributed by atoms with van der Waals surface area (Å²) in [4.78, 5) is 12.3. The first kappa shape index (κ1) is 19.6. The van der Waals surface area contributed by atoms with Crippen LogP contribution in [-0.2, 0) is 6.42 Å². The van der Waals surface area contributed by atoms with Crippen molar-refractivity contribution >= 4 is 6.03 Å². The number of ether oxygens (including phenoxy) is 2. The van der Waals surface area contributed by atoms with E-state index >= 15 is 0 Å². The number of rotatable bonds is 8. The highest BCUT2D eigenvalue weighted by atomic mass is 16.5. The highest BCUT2D eigenvalue weighted by Gasteiger charge is 2.16. The third-order valence-electron chi connectivity index (χ3n) is 4.34. The standard InChI is InChI=1S/C21H28N2O3/c1-15(10-11-17-8-6-5-7-9-17)22-21(24)23-16(2)19-14-18(25-3)12-13-20(19)26-4/h5-9,12-16H,10-11H2,1-4H3,(H2,22,23,24). The molecule has 2 aromatic rings. The van der Waals surface area contributed by atoms with Gasteiger partial charge in [-0.2, -0.15) is 0 Å². The molecule has 0 saturated heterocycles. The minimum atomic E-state index is -0.207. The molecule has 0 bridgehead atoms. The van der Waals surface area contributed by atoms with Gasteiger partial charge in [-0.3, -0.25) is 0 Å². The monoisotopic (exact) mass is 356 g/mol. The number of aryl methyl sites for hydroxylation is 1. The van der Waals surface area contributed by atoms with Crippen molar-refractivity contribution in [3.05, 3.63) is 59.7 Å². The summed E-state index contributed by atoms with van der Waals surface area (Å²) in [6.45, 7) is 3.94. The second kappa shape index (κ2) is 9.70. The predicted octanol–water partition coefficient (Wildman–Crippen LogP) is 4.09. The van der Waals surface area contributed by atoms with Crippen LogP contribution in [0.15, 0.2) is 48.5 Å². The number of nitrogens with one attached hydrogen (secondary N) is 2. The molecule has 0 aliphatic heterocycles. The van der Waals surface area contributed by atoms with Crippen LogP contribution in [-0.4, -0.2) is 26.3 Å². The fourth-order valence-electron chi connectivity index (χ4n) is 2.82. The van der Waals surface area contributed by atoms with Crippen LogP contribution in [0.1, 0.15) is 37.4 Å². The van der Waals surface area contributed by atoms with Gasteiger partial charge in [-0.1, -0.05) is 30.3 Å². The molecule has 0 heterocycles. The van der Waals surface area contributed by atoms with Crippen molar-refractivity contribution in [3.8, 4) is 11.5 Å². The fourth-order valence-corrected chi connectivity index (χ4v) is 2.82. The molecule has 0 aliphatic rings. The van der Waals surface area contributed by atoms with E-state index < -0.39 is 0 Å². The molecule has 2 aromatic carbocycles. The Kier molecular flexibility index (Phi) is 7.33. The smallest absolute Gasteiger partial charge is 0.315 e. The molecule has 5 heteroatoms. The van der Waals surface area contributed by atoms with Crippen LogP contribution in [0.5, 0.6) is 11.5 Å². The van der Waals surface area contributed by atoms with E-state index in [1.165, 1.54) is 5.56 Å². The molecule has 140 valence electrons. The van der Waals surface area contributed by atoms with Crippen LogP contribution in [0.4, 0.5) is 4.79 Å². The second-order valence-corrected chi connectivity index (χ2v) is 6.37. The molecular formula is C21H28N2O3. The van der Waals surface area contributed by atoms with Crippen LogP contribution < -0.4 is 20.1 Å². The number of urea groups is 1. The average molecular weight is 356 g/mol. The Balaban J connectivity index is 1.88. The molecular weight excluding hydrogens is 328 g/mol. The van der Waals surface area contributed by atoms with Crippen molar-refractivity contribution in [1.82, 2.24) is 10.6 Å². The number of carbonyl (C=O) groups excluding carboxylic acids is 1. The lowest BCUT2D eigenvalue weighted by atomic mass is 10.1. The van der Waals surface area contributed by atoms with Crippen molar-refractivity contribution in [2.75, 3.05) is 14.2 Å². The lowest BCUT2D eigenvalue weighted by molar-refractivity contribution is 0.234. The number of methoxy groups -OCH3 is 2. The van der Waals surface area contributed by atoms with Gasteiger partial charge in [0.15, 0.2) is 0 Å². The first-order chi connectivity index (χ1) is 12.5. The Morgan fingerprint density at radius 1 is 1.00 bits per heavy atom. The molecule has 2 unspecified atom stereocenters. The normalized spacial score (nSPS) is 12.8. The van der Waals surface area contributed by atoms with Gasteiger partial charge in [-0.25, -0.2) is 4.79 Å². The zero-order valence-electron chi connectivity index (χ0n) is 15.9.